The smallest absolute Gasteiger partial charge is 0.0715 e. The number of rotatable bonds is 4. The maximum atomic E-state index is 5.79. The quantitative estimate of drug-likeness (QED) is 0.816. The van der Waals surface area contributed by atoms with Crippen molar-refractivity contribution in [3.05, 3.63) is 22.7 Å². The molecule has 4 heteroatoms. The summed E-state index contributed by atoms with van der Waals surface area (Å²) in [7, 11) is 1.69. The fraction of sp³-hybridized carbons (Fsp3) is 0.400. The first-order valence-electron chi connectivity index (χ1n) is 4.45. The summed E-state index contributed by atoms with van der Waals surface area (Å²) in [6.07, 6.45) is 0.174. The lowest BCUT2D eigenvalue weighted by Gasteiger charge is -2.13. The molecule has 1 aromatic carbocycles. The Hall–Kier alpha value is -0.740. The van der Waals surface area contributed by atoms with Crippen LogP contribution in [0.4, 0.5) is 11.4 Å². The molecule has 1 unspecified atom stereocenters. The van der Waals surface area contributed by atoms with Gasteiger partial charge < -0.3 is 15.8 Å². The number of benzene rings is 1. The van der Waals surface area contributed by atoms with Gasteiger partial charge in [-0.25, -0.2) is 0 Å². The first-order chi connectivity index (χ1) is 6.63. The lowest BCUT2D eigenvalue weighted by Crippen LogP contribution is -2.18. The Kier molecular flexibility index (Phi) is 4.22. The van der Waals surface area contributed by atoms with E-state index in [0.29, 0.717) is 0 Å². The van der Waals surface area contributed by atoms with Crippen LogP contribution in [0.5, 0.6) is 0 Å². The van der Waals surface area contributed by atoms with Gasteiger partial charge in [-0.05, 0) is 25.1 Å². The number of hydrogen-bond acceptors (Lipinski definition) is 3. The number of nitrogens with one attached hydrogen (secondary N) is 1. The standard InChI is InChI=1S/C10H15BrN2O/c1-7(14-2)6-13-10-5-8(11)3-4-9(10)12/h3-5,7,13H,6,12H2,1-2H3. The SMILES string of the molecule is COC(C)CNc1cc(Br)ccc1N. The summed E-state index contributed by atoms with van der Waals surface area (Å²) in [6.45, 7) is 2.75. The number of methoxy groups -OCH3 is 1. The van der Waals surface area contributed by atoms with Crippen LogP contribution in [0.3, 0.4) is 0 Å². The Morgan fingerprint density at radius 2 is 2.29 bits per heavy atom. The molecule has 0 bridgehead atoms. The van der Waals surface area contributed by atoms with E-state index >= 15 is 0 Å². The molecule has 0 amide bonds. The van der Waals surface area contributed by atoms with Crippen LogP contribution < -0.4 is 11.1 Å². The zero-order chi connectivity index (χ0) is 10.6. The Morgan fingerprint density at radius 3 is 2.93 bits per heavy atom. The van der Waals surface area contributed by atoms with Crippen molar-refractivity contribution in [3.63, 3.8) is 0 Å². The minimum Gasteiger partial charge on any atom is -0.397 e. The Bertz CT molecular complexity index is 304. The van der Waals surface area contributed by atoms with Crippen LogP contribution >= 0.6 is 15.9 Å². The van der Waals surface area contributed by atoms with Crippen molar-refractivity contribution in [2.75, 3.05) is 24.7 Å². The molecule has 3 N–H and O–H groups in total. The van der Waals surface area contributed by atoms with E-state index in [9.17, 15) is 0 Å². The molecule has 1 aromatic rings. The van der Waals surface area contributed by atoms with E-state index in [4.69, 9.17) is 10.5 Å². The minimum atomic E-state index is 0.174. The maximum Gasteiger partial charge on any atom is 0.0715 e. The molecule has 78 valence electrons. The van der Waals surface area contributed by atoms with Gasteiger partial charge in [0.05, 0.1) is 17.5 Å². The molecule has 1 atom stereocenters. The third kappa shape index (κ3) is 3.20. The van der Waals surface area contributed by atoms with Crippen molar-refractivity contribution >= 4 is 27.3 Å². The number of halogens is 1. The summed E-state index contributed by atoms with van der Waals surface area (Å²) in [5.41, 5.74) is 7.47. The topological polar surface area (TPSA) is 47.3 Å². The average molecular weight is 259 g/mol. The molecule has 0 aromatic heterocycles. The molecule has 0 saturated heterocycles. The molecule has 0 spiro atoms. The molecule has 0 radical (unpaired) electrons. The van der Waals surface area contributed by atoms with Gasteiger partial charge >= 0.3 is 0 Å². The molecule has 14 heavy (non-hydrogen) atoms. The highest BCUT2D eigenvalue weighted by Crippen LogP contribution is 2.23. The summed E-state index contributed by atoms with van der Waals surface area (Å²) < 4.78 is 6.14. The van der Waals surface area contributed by atoms with Crippen molar-refractivity contribution in [2.24, 2.45) is 0 Å². The third-order valence-electron chi connectivity index (χ3n) is 2.00. The van der Waals surface area contributed by atoms with E-state index in [2.05, 4.69) is 21.2 Å². The van der Waals surface area contributed by atoms with E-state index in [1.165, 1.54) is 0 Å². The number of nitrogens with two attached hydrogens (primary N) is 1. The number of nitrogen functional groups attached to an aromatic ring is 1. The number of anilines is 2. The van der Waals surface area contributed by atoms with Crippen LogP contribution in [0.2, 0.25) is 0 Å². The van der Waals surface area contributed by atoms with Crippen molar-refractivity contribution < 1.29 is 4.74 Å². The highest BCUT2D eigenvalue weighted by Gasteiger charge is 2.02. The Morgan fingerprint density at radius 1 is 1.57 bits per heavy atom. The summed E-state index contributed by atoms with van der Waals surface area (Å²) >= 11 is 3.39. The molecule has 0 aliphatic carbocycles. The molecule has 3 nitrogen and oxygen atoms in total. The second-order valence-electron chi connectivity index (χ2n) is 3.16. The third-order valence-corrected chi connectivity index (χ3v) is 2.49. The van der Waals surface area contributed by atoms with E-state index in [-0.39, 0.29) is 6.10 Å². The van der Waals surface area contributed by atoms with Crippen LogP contribution in [0.25, 0.3) is 0 Å². The first-order valence-corrected chi connectivity index (χ1v) is 5.24. The Labute approximate surface area is 92.8 Å². The highest BCUT2D eigenvalue weighted by atomic mass is 79.9. The first kappa shape index (κ1) is 11.3. The zero-order valence-electron chi connectivity index (χ0n) is 8.38. The van der Waals surface area contributed by atoms with Crippen LogP contribution in [0.1, 0.15) is 6.92 Å². The van der Waals surface area contributed by atoms with Gasteiger partial charge in [0.25, 0.3) is 0 Å². The Balaban J connectivity index is 2.62. The molecule has 0 fully saturated rings. The van der Waals surface area contributed by atoms with Crippen molar-refractivity contribution in [3.8, 4) is 0 Å². The molecule has 0 saturated carbocycles. The van der Waals surface area contributed by atoms with Gasteiger partial charge in [0, 0.05) is 18.1 Å². The average Bonchev–Trinajstić information content (AvgIpc) is 2.19. The lowest BCUT2D eigenvalue weighted by molar-refractivity contribution is 0.129. The van der Waals surface area contributed by atoms with Gasteiger partial charge in [0.2, 0.25) is 0 Å². The van der Waals surface area contributed by atoms with Crippen LogP contribution in [0, 0.1) is 0 Å². The second-order valence-corrected chi connectivity index (χ2v) is 4.07. The van der Waals surface area contributed by atoms with Crippen molar-refractivity contribution in [2.45, 2.75) is 13.0 Å². The normalized spacial score (nSPS) is 12.5. The largest absolute Gasteiger partial charge is 0.397 e. The predicted octanol–water partition coefficient (Wildman–Crippen LogP) is 2.48. The fourth-order valence-corrected chi connectivity index (χ4v) is 1.38. The number of ether oxygens (including phenoxy) is 1. The van der Waals surface area contributed by atoms with E-state index in [1.807, 2.05) is 25.1 Å². The van der Waals surface area contributed by atoms with Crippen molar-refractivity contribution in [1.82, 2.24) is 0 Å². The second kappa shape index (κ2) is 5.22. The van der Waals surface area contributed by atoms with Crippen LogP contribution in [-0.4, -0.2) is 19.8 Å². The summed E-state index contributed by atoms with van der Waals surface area (Å²) in [6, 6.07) is 5.74. The van der Waals surface area contributed by atoms with Crippen LogP contribution in [-0.2, 0) is 4.74 Å². The molecule has 0 aliphatic rings. The van der Waals surface area contributed by atoms with Gasteiger partial charge in [-0.1, -0.05) is 15.9 Å². The highest BCUT2D eigenvalue weighted by molar-refractivity contribution is 9.10. The van der Waals surface area contributed by atoms with Gasteiger partial charge in [-0.3, -0.25) is 0 Å². The monoisotopic (exact) mass is 258 g/mol. The molecular formula is C10H15BrN2O. The molecule has 0 heterocycles. The summed E-state index contributed by atoms with van der Waals surface area (Å²) in [5, 5.41) is 3.22. The molecular weight excluding hydrogens is 244 g/mol. The fourth-order valence-electron chi connectivity index (χ4n) is 1.02. The van der Waals surface area contributed by atoms with Gasteiger partial charge in [0.1, 0.15) is 0 Å². The van der Waals surface area contributed by atoms with Gasteiger partial charge in [0.15, 0.2) is 0 Å². The minimum absolute atomic E-state index is 0.174. The van der Waals surface area contributed by atoms with E-state index in [0.717, 1.165) is 22.4 Å². The maximum absolute atomic E-state index is 5.79. The summed E-state index contributed by atoms with van der Waals surface area (Å²) in [4.78, 5) is 0. The van der Waals surface area contributed by atoms with Crippen LogP contribution in [0.15, 0.2) is 22.7 Å². The van der Waals surface area contributed by atoms with Gasteiger partial charge in [-0.2, -0.15) is 0 Å². The van der Waals surface area contributed by atoms with Gasteiger partial charge in [-0.15, -0.1) is 0 Å². The molecule has 0 aliphatic heterocycles. The summed E-state index contributed by atoms with van der Waals surface area (Å²) in [5.74, 6) is 0. The predicted molar refractivity (Wildman–Crippen MR) is 63.5 cm³/mol. The number of hydrogen-bond donors (Lipinski definition) is 2. The molecule has 1 rings (SSSR count). The van der Waals surface area contributed by atoms with E-state index in [1.54, 1.807) is 7.11 Å². The van der Waals surface area contributed by atoms with E-state index < -0.39 is 0 Å². The zero-order valence-corrected chi connectivity index (χ0v) is 9.97. The van der Waals surface area contributed by atoms with Crippen molar-refractivity contribution in [1.29, 1.82) is 0 Å². The lowest BCUT2D eigenvalue weighted by atomic mass is 10.2.